The van der Waals surface area contributed by atoms with Gasteiger partial charge in [0.15, 0.2) is 6.29 Å². The van der Waals surface area contributed by atoms with E-state index in [1.807, 2.05) is 6.07 Å². The Balaban J connectivity index is 2.55. The third-order valence-electron chi connectivity index (χ3n) is 2.02. The smallest absolute Gasteiger partial charge is 0.160 e. The van der Waals surface area contributed by atoms with E-state index in [2.05, 4.69) is 0 Å². The second-order valence-electron chi connectivity index (χ2n) is 3.07. The van der Waals surface area contributed by atoms with Gasteiger partial charge in [0.25, 0.3) is 0 Å². The number of carbonyl (C=O) groups is 1. The van der Waals surface area contributed by atoms with Gasteiger partial charge in [0.1, 0.15) is 0 Å². The Bertz CT molecular complexity index is 548. The molecule has 0 aliphatic rings. The van der Waals surface area contributed by atoms with Gasteiger partial charge in [-0.3, -0.25) is 4.79 Å². The molecule has 0 saturated carbocycles. The fourth-order valence-corrected chi connectivity index (χ4v) is 2.83. The van der Waals surface area contributed by atoms with Gasteiger partial charge >= 0.3 is 0 Å². The molecule has 0 amide bonds. The number of thiophene rings is 1. The van der Waals surface area contributed by atoms with Crippen LogP contribution in [0.3, 0.4) is 0 Å². The van der Waals surface area contributed by atoms with Crippen molar-refractivity contribution in [3.63, 3.8) is 0 Å². The molecule has 1 nitrogen and oxygen atoms in total. The summed E-state index contributed by atoms with van der Waals surface area (Å²) in [5.74, 6) is 0. The molecule has 0 aliphatic carbocycles. The predicted molar refractivity (Wildman–Crippen MR) is 70.2 cm³/mol. The molecule has 0 fully saturated rings. The summed E-state index contributed by atoms with van der Waals surface area (Å²) in [5.41, 5.74) is 0.786. The van der Waals surface area contributed by atoms with Crippen LogP contribution in [0.2, 0.25) is 15.1 Å². The van der Waals surface area contributed by atoms with Crippen molar-refractivity contribution in [1.82, 2.24) is 0 Å². The Morgan fingerprint density at radius 1 is 1.00 bits per heavy atom. The van der Waals surface area contributed by atoms with Crippen LogP contribution in [0.15, 0.2) is 24.3 Å². The number of benzene rings is 1. The van der Waals surface area contributed by atoms with E-state index in [9.17, 15) is 4.79 Å². The van der Waals surface area contributed by atoms with Crippen LogP contribution < -0.4 is 0 Å². The maximum Gasteiger partial charge on any atom is 0.160 e. The lowest BCUT2D eigenvalue weighted by Crippen LogP contribution is -1.77. The zero-order valence-electron chi connectivity index (χ0n) is 7.84. The monoisotopic (exact) mass is 290 g/mol. The summed E-state index contributed by atoms with van der Waals surface area (Å²) in [7, 11) is 0. The van der Waals surface area contributed by atoms with Crippen LogP contribution in [0, 0.1) is 0 Å². The Kier molecular flexibility index (Phi) is 3.55. The predicted octanol–water partition coefficient (Wildman–Crippen LogP) is 5.19. The van der Waals surface area contributed by atoms with Crippen LogP contribution in [0.5, 0.6) is 0 Å². The average molecular weight is 292 g/mol. The first-order valence-corrected chi connectivity index (χ1v) is 6.27. The van der Waals surface area contributed by atoms with E-state index >= 15 is 0 Å². The highest BCUT2D eigenvalue weighted by Crippen LogP contribution is 2.37. The third kappa shape index (κ3) is 2.25. The molecule has 1 heterocycles. The lowest BCUT2D eigenvalue weighted by Gasteiger charge is -2.03. The number of rotatable bonds is 2. The fraction of sp³-hybridized carbons (Fsp3) is 0. The number of carbonyl (C=O) groups excluding carboxylic acids is 1. The summed E-state index contributed by atoms with van der Waals surface area (Å²) < 4.78 is 0. The molecule has 5 heteroatoms. The average Bonchev–Trinajstić information content (AvgIpc) is 2.71. The Labute approximate surface area is 112 Å². The lowest BCUT2D eigenvalue weighted by atomic mass is 10.2. The van der Waals surface area contributed by atoms with Gasteiger partial charge in [-0.25, -0.2) is 0 Å². The molecule has 0 aliphatic heterocycles. The number of hydrogen-bond acceptors (Lipinski definition) is 2. The van der Waals surface area contributed by atoms with Crippen molar-refractivity contribution >= 4 is 52.4 Å². The second kappa shape index (κ2) is 4.76. The third-order valence-corrected chi connectivity index (χ3v) is 4.10. The van der Waals surface area contributed by atoms with Gasteiger partial charge in [0.2, 0.25) is 0 Å². The maximum absolute atomic E-state index is 10.6. The minimum Gasteiger partial charge on any atom is -0.297 e. The van der Waals surface area contributed by atoms with Crippen molar-refractivity contribution in [2.24, 2.45) is 0 Å². The SMILES string of the molecule is O=Cc1ccc(-c2cc(Cl)c(Cl)cc2Cl)s1. The zero-order valence-corrected chi connectivity index (χ0v) is 10.9. The summed E-state index contributed by atoms with van der Waals surface area (Å²) in [6, 6.07) is 6.87. The van der Waals surface area contributed by atoms with Gasteiger partial charge in [-0.15, -0.1) is 11.3 Å². The topological polar surface area (TPSA) is 17.1 Å². The van der Waals surface area contributed by atoms with Gasteiger partial charge in [0.05, 0.1) is 19.9 Å². The first kappa shape index (κ1) is 11.9. The van der Waals surface area contributed by atoms with Crippen LogP contribution in [0.4, 0.5) is 0 Å². The van der Waals surface area contributed by atoms with Crippen LogP contribution in [0.25, 0.3) is 10.4 Å². The number of hydrogen-bond donors (Lipinski definition) is 0. The van der Waals surface area contributed by atoms with Gasteiger partial charge < -0.3 is 0 Å². The van der Waals surface area contributed by atoms with Crippen molar-refractivity contribution in [2.75, 3.05) is 0 Å². The van der Waals surface area contributed by atoms with E-state index in [0.717, 1.165) is 16.7 Å². The summed E-state index contributed by atoms with van der Waals surface area (Å²) in [6.45, 7) is 0. The standard InChI is InChI=1S/C11H5Cl3OS/c12-8-4-10(14)9(13)3-7(8)11-2-1-6(5-15)16-11/h1-5H. The molecule has 82 valence electrons. The minimum atomic E-state index is 0.419. The van der Waals surface area contributed by atoms with Crippen LogP contribution in [-0.2, 0) is 0 Å². The highest BCUT2D eigenvalue weighted by molar-refractivity contribution is 7.17. The molecule has 2 rings (SSSR count). The Morgan fingerprint density at radius 2 is 1.69 bits per heavy atom. The molecule has 1 aromatic heterocycles. The normalized spacial score (nSPS) is 10.4. The molecular formula is C11H5Cl3OS. The lowest BCUT2D eigenvalue weighted by molar-refractivity contribution is 0.112. The van der Waals surface area contributed by atoms with Crippen molar-refractivity contribution < 1.29 is 4.79 Å². The van der Waals surface area contributed by atoms with E-state index in [4.69, 9.17) is 34.8 Å². The minimum absolute atomic E-state index is 0.419. The molecule has 16 heavy (non-hydrogen) atoms. The second-order valence-corrected chi connectivity index (χ2v) is 5.40. The largest absolute Gasteiger partial charge is 0.297 e. The molecule has 2 aromatic rings. The first-order chi connectivity index (χ1) is 7.61. The summed E-state index contributed by atoms with van der Waals surface area (Å²) in [4.78, 5) is 12.1. The fourth-order valence-electron chi connectivity index (χ4n) is 1.27. The number of aldehydes is 1. The zero-order chi connectivity index (χ0) is 11.7. The van der Waals surface area contributed by atoms with Crippen molar-refractivity contribution in [3.05, 3.63) is 44.2 Å². The van der Waals surface area contributed by atoms with Gasteiger partial charge in [-0.1, -0.05) is 34.8 Å². The van der Waals surface area contributed by atoms with Crippen LogP contribution in [-0.4, -0.2) is 6.29 Å². The van der Waals surface area contributed by atoms with Crippen LogP contribution in [0.1, 0.15) is 9.67 Å². The molecular weight excluding hydrogens is 287 g/mol. The van der Waals surface area contributed by atoms with E-state index in [1.54, 1.807) is 18.2 Å². The molecule has 0 bridgehead atoms. The van der Waals surface area contributed by atoms with E-state index in [1.165, 1.54) is 11.3 Å². The molecule has 0 N–H and O–H groups in total. The van der Waals surface area contributed by atoms with Gasteiger partial charge in [0, 0.05) is 10.4 Å². The number of halogens is 3. The van der Waals surface area contributed by atoms with E-state index in [-0.39, 0.29) is 0 Å². The van der Waals surface area contributed by atoms with E-state index in [0.29, 0.717) is 19.9 Å². The maximum atomic E-state index is 10.6. The van der Waals surface area contributed by atoms with Crippen molar-refractivity contribution in [3.8, 4) is 10.4 Å². The van der Waals surface area contributed by atoms with Crippen molar-refractivity contribution in [2.45, 2.75) is 0 Å². The molecule has 0 saturated heterocycles. The summed E-state index contributed by atoms with van der Waals surface area (Å²) in [6.07, 6.45) is 0.805. The summed E-state index contributed by atoms with van der Waals surface area (Å²) >= 11 is 19.2. The Morgan fingerprint density at radius 3 is 2.31 bits per heavy atom. The molecule has 0 spiro atoms. The molecule has 0 radical (unpaired) electrons. The molecule has 0 atom stereocenters. The van der Waals surface area contributed by atoms with E-state index < -0.39 is 0 Å². The first-order valence-electron chi connectivity index (χ1n) is 4.31. The molecule has 0 unspecified atom stereocenters. The Hall–Kier alpha value is -0.540. The highest BCUT2D eigenvalue weighted by atomic mass is 35.5. The summed E-state index contributed by atoms with van der Waals surface area (Å²) in [5, 5.41) is 1.39. The van der Waals surface area contributed by atoms with Crippen LogP contribution >= 0.6 is 46.1 Å². The van der Waals surface area contributed by atoms with Gasteiger partial charge in [-0.05, 0) is 24.3 Å². The highest BCUT2D eigenvalue weighted by Gasteiger charge is 2.10. The van der Waals surface area contributed by atoms with Crippen molar-refractivity contribution in [1.29, 1.82) is 0 Å². The quantitative estimate of drug-likeness (QED) is 0.550. The molecule has 1 aromatic carbocycles. The van der Waals surface area contributed by atoms with Gasteiger partial charge in [-0.2, -0.15) is 0 Å².